The molecule has 0 saturated heterocycles. The molecule has 1 heterocycles. The smallest absolute Gasteiger partial charge is 0.145 e. The first-order chi connectivity index (χ1) is 7.81. The Labute approximate surface area is 103 Å². The van der Waals surface area contributed by atoms with Gasteiger partial charge < -0.3 is 10.7 Å². The molecule has 5 heteroatoms. The predicted molar refractivity (Wildman–Crippen MR) is 71.9 cm³/mol. The van der Waals surface area contributed by atoms with Crippen LogP contribution in [0.5, 0.6) is 0 Å². The number of anilines is 2. The minimum Gasteiger partial charge on any atom is -0.369 e. The Morgan fingerprint density at radius 2 is 1.82 bits per heavy atom. The van der Waals surface area contributed by atoms with Crippen molar-refractivity contribution in [3.8, 4) is 0 Å². The van der Waals surface area contributed by atoms with E-state index in [4.69, 9.17) is 5.84 Å². The van der Waals surface area contributed by atoms with Crippen LogP contribution in [-0.2, 0) is 0 Å². The highest BCUT2D eigenvalue weighted by atomic mass is 15.3. The molecule has 96 valence electrons. The molecule has 0 bridgehead atoms. The second kappa shape index (κ2) is 5.31. The van der Waals surface area contributed by atoms with E-state index in [1.165, 1.54) is 0 Å². The Kier molecular flexibility index (Phi) is 4.28. The van der Waals surface area contributed by atoms with E-state index in [0.29, 0.717) is 5.82 Å². The third kappa shape index (κ3) is 4.56. The van der Waals surface area contributed by atoms with E-state index in [2.05, 4.69) is 55.3 Å². The summed E-state index contributed by atoms with van der Waals surface area (Å²) >= 11 is 0. The van der Waals surface area contributed by atoms with Gasteiger partial charge >= 0.3 is 0 Å². The van der Waals surface area contributed by atoms with Gasteiger partial charge in [0.1, 0.15) is 17.5 Å². The van der Waals surface area contributed by atoms with Gasteiger partial charge in [-0.15, -0.1) is 0 Å². The second-order valence-electron chi connectivity index (χ2n) is 5.71. The molecular weight excluding hydrogens is 214 g/mol. The lowest BCUT2D eigenvalue weighted by molar-refractivity contribution is 0.442. The summed E-state index contributed by atoms with van der Waals surface area (Å²) in [5.41, 5.74) is 2.78. The van der Waals surface area contributed by atoms with E-state index >= 15 is 0 Å². The summed E-state index contributed by atoms with van der Waals surface area (Å²) < 4.78 is 0. The number of rotatable bonds is 4. The average Bonchev–Trinajstić information content (AvgIpc) is 2.25. The van der Waals surface area contributed by atoms with Gasteiger partial charge in [-0.05, 0) is 5.41 Å². The molecule has 0 aromatic carbocycles. The molecular formula is C12H23N5. The minimum absolute atomic E-state index is 0.208. The largest absolute Gasteiger partial charge is 0.369 e. The number of nitrogens with two attached hydrogens (primary N) is 1. The van der Waals surface area contributed by atoms with Crippen LogP contribution in [-0.4, -0.2) is 16.5 Å². The van der Waals surface area contributed by atoms with Crippen molar-refractivity contribution in [2.24, 2.45) is 11.3 Å². The van der Waals surface area contributed by atoms with Gasteiger partial charge in [0, 0.05) is 18.5 Å². The molecule has 0 spiro atoms. The number of hydrogen-bond acceptors (Lipinski definition) is 5. The van der Waals surface area contributed by atoms with Crippen LogP contribution in [0.25, 0.3) is 0 Å². The third-order valence-electron chi connectivity index (χ3n) is 2.21. The maximum atomic E-state index is 5.40. The molecule has 0 fully saturated rings. The van der Waals surface area contributed by atoms with Crippen molar-refractivity contribution >= 4 is 11.6 Å². The summed E-state index contributed by atoms with van der Waals surface area (Å²) in [5.74, 6) is 7.92. The molecule has 17 heavy (non-hydrogen) atoms. The Morgan fingerprint density at radius 1 is 1.24 bits per heavy atom. The molecule has 4 N–H and O–H groups in total. The van der Waals surface area contributed by atoms with E-state index in [9.17, 15) is 0 Å². The monoisotopic (exact) mass is 237 g/mol. The number of hydrogen-bond donors (Lipinski definition) is 3. The summed E-state index contributed by atoms with van der Waals surface area (Å²) in [7, 11) is 0. The Balaban J connectivity index is 2.87. The van der Waals surface area contributed by atoms with Crippen molar-refractivity contribution in [2.75, 3.05) is 17.3 Å². The van der Waals surface area contributed by atoms with Gasteiger partial charge in [-0.2, -0.15) is 0 Å². The first-order valence-electron chi connectivity index (χ1n) is 5.91. The van der Waals surface area contributed by atoms with Gasteiger partial charge in [0.25, 0.3) is 0 Å². The predicted octanol–water partition coefficient (Wildman–Crippen LogP) is 2.34. The van der Waals surface area contributed by atoms with Crippen LogP contribution in [0.3, 0.4) is 0 Å². The fourth-order valence-electron chi connectivity index (χ4n) is 1.24. The van der Waals surface area contributed by atoms with Crippen LogP contribution in [0.1, 0.15) is 46.4 Å². The van der Waals surface area contributed by atoms with Gasteiger partial charge in [-0.1, -0.05) is 34.6 Å². The molecule has 1 aromatic heterocycles. The molecule has 1 aromatic rings. The number of aromatic nitrogens is 2. The summed E-state index contributed by atoms with van der Waals surface area (Å²) in [6.45, 7) is 11.5. The van der Waals surface area contributed by atoms with Crippen molar-refractivity contribution < 1.29 is 0 Å². The Morgan fingerprint density at radius 3 is 2.29 bits per heavy atom. The summed E-state index contributed by atoms with van der Waals surface area (Å²) in [4.78, 5) is 8.77. The number of hydrazine groups is 1. The highest BCUT2D eigenvalue weighted by Gasteiger charge is 2.12. The first kappa shape index (κ1) is 13.7. The fourth-order valence-corrected chi connectivity index (χ4v) is 1.24. The van der Waals surface area contributed by atoms with Crippen LogP contribution in [0, 0.1) is 5.41 Å². The molecule has 0 amide bonds. The summed E-state index contributed by atoms with van der Waals surface area (Å²) in [6, 6.07) is 1.82. The molecule has 0 aliphatic heterocycles. The number of nitrogen functional groups attached to an aromatic ring is 1. The van der Waals surface area contributed by atoms with Gasteiger partial charge in [0.2, 0.25) is 0 Å². The van der Waals surface area contributed by atoms with Crippen LogP contribution in [0.4, 0.5) is 11.6 Å². The molecule has 0 saturated carbocycles. The zero-order valence-corrected chi connectivity index (χ0v) is 11.3. The SMILES string of the molecule is CC(C)c1nc(NN)cc(NCC(C)(C)C)n1. The average molecular weight is 237 g/mol. The van der Waals surface area contributed by atoms with E-state index in [-0.39, 0.29) is 11.3 Å². The van der Waals surface area contributed by atoms with Crippen LogP contribution < -0.4 is 16.6 Å². The van der Waals surface area contributed by atoms with E-state index in [0.717, 1.165) is 18.2 Å². The maximum absolute atomic E-state index is 5.40. The number of nitrogens with one attached hydrogen (secondary N) is 2. The minimum atomic E-state index is 0.208. The van der Waals surface area contributed by atoms with E-state index in [1.807, 2.05) is 6.07 Å². The third-order valence-corrected chi connectivity index (χ3v) is 2.21. The number of nitrogens with zero attached hydrogens (tertiary/aromatic N) is 2. The Bertz CT molecular complexity index is 368. The summed E-state index contributed by atoms with van der Waals surface area (Å²) in [5, 5.41) is 3.31. The van der Waals surface area contributed by atoms with Crippen molar-refractivity contribution in [1.29, 1.82) is 0 Å². The molecule has 0 radical (unpaired) electrons. The van der Waals surface area contributed by atoms with E-state index in [1.54, 1.807) is 0 Å². The normalized spacial score (nSPS) is 11.7. The lowest BCUT2D eigenvalue weighted by atomic mass is 9.97. The molecule has 0 aliphatic rings. The van der Waals surface area contributed by atoms with Crippen LogP contribution in [0.15, 0.2) is 6.07 Å². The standard InChI is InChI=1S/C12H23N5/c1-8(2)11-15-9(6-10(16-11)17-13)14-7-12(3,4)5/h6,8H,7,13H2,1-5H3,(H2,14,15,16,17). The van der Waals surface area contributed by atoms with Gasteiger partial charge in [-0.25, -0.2) is 15.8 Å². The second-order valence-corrected chi connectivity index (χ2v) is 5.71. The quantitative estimate of drug-likeness (QED) is 0.553. The van der Waals surface area contributed by atoms with Crippen molar-refractivity contribution in [3.63, 3.8) is 0 Å². The van der Waals surface area contributed by atoms with Crippen molar-refractivity contribution in [2.45, 2.75) is 40.5 Å². The van der Waals surface area contributed by atoms with Crippen LogP contribution in [0.2, 0.25) is 0 Å². The lowest BCUT2D eigenvalue weighted by Gasteiger charge is -2.20. The maximum Gasteiger partial charge on any atom is 0.145 e. The van der Waals surface area contributed by atoms with Gasteiger partial charge in [0.05, 0.1) is 0 Å². The zero-order valence-electron chi connectivity index (χ0n) is 11.3. The molecule has 0 unspecified atom stereocenters. The summed E-state index contributed by atoms with van der Waals surface area (Å²) in [6.07, 6.45) is 0. The molecule has 0 atom stereocenters. The Hall–Kier alpha value is -1.36. The highest BCUT2D eigenvalue weighted by Crippen LogP contribution is 2.18. The highest BCUT2D eigenvalue weighted by molar-refractivity contribution is 5.47. The first-order valence-corrected chi connectivity index (χ1v) is 5.91. The van der Waals surface area contributed by atoms with Crippen molar-refractivity contribution in [3.05, 3.63) is 11.9 Å². The fraction of sp³-hybridized carbons (Fsp3) is 0.667. The van der Waals surface area contributed by atoms with Gasteiger partial charge in [0.15, 0.2) is 0 Å². The molecule has 5 nitrogen and oxygen atoms in total. The van der Waals surface area contributed by atoms with Crippen molar-refractivity contribution in [1.82, 2.24) is 9.97 Å². The molecule has 1 rings (SSSR count). The van der Waals surface area contributed by atoms with E-state index < -0.39 is 0 Å². The topological polar surface area (TPSA) is 75.9 Å². The zero-order chi connectivity index (χ0) is 13.1. The van der Waals surface area contributed by atoms with Crippen LogP contribution >= 0.6 is 0 Å². The lowest BCUT2D eigenvalue weighted by Crippen LogP contribution is -2.20. The van der Waals surface area contributed by atoms with Gasteiger partial charge in [-0.3, -0.25) is 0 Å². The molecule has 0 aliphatic carbocycles.